The Morgan fingerprint density at radius 3 is 2.45 bits per heavy atom. The predicted molar refractivity (Wildman–Crippen MR) is 144 cm³/mol. The van der Waals surface area contributed by atoms with E-state index in [1.807, 2.05) is 6.07 Å². The normalized spacial score (nSPS) is 15.9. The molecule has 1 fully saturated rings. The van der Waals surface area contributed by atoms with E-state index in [4.69, 9.17) is 4.52 Å². The van der Waals surface area contributed by atoms with Crippen LogP contribution in [-0.4, -0.2) is 54.0 Å². The van der Waals surface area contributed by atoms with E-state index in [0.29, 0.717) is 24.3 Å². The molecule has 2 heterocycles. The van der Waals surface area contributed by atoms with Gasteiger partial charge in [0.05, 0.1) is 12.6 Å². The minimum atomic E-state index is -1.11. The largest absolute Gasteiger partial charge is 0.361 e. The van der Waals surface area contributed by atoms with Gasteiger partial charge in [0.25, 0.3) is 5.91 Å². The number of carbonyl (C=O) groups is 4. The molecule has 0 aliphatic carbocycles. The van der Waals surface area contributed by atoms with Crippen molar-refractivity contribution in [1.82, 2.24) is 26.4 Å². The van der Waals surface area contributed by atoms with Gasteiger partial charge in [-0.05, 0) is 49.8 Å². The number of aryl methyl sites for hydroxylation is 1. The average Bonchev–Trinajstić information content (AvgIpc) is 3.35. The van der Waals surface area contributed by atoms with Gasteiger partial charge < -0.3 is 25.8 Å². The van der Waals surface area contributed by atoms with Crippen LogP contribution >= 0.6 is 0 Å². The summed E-state index contributed by atoms with van der Waals surface area (Å²) in [5.74, 6) is -1.66. The molecule has 0 bridgehead atoms. The molecule has 216 valence electrons. The van der Waals surface area contributed by atoms with Crippen molar-refractivity contribution in [3.05, 3.63) is 53.2 Å². The molecule has 1 aliphatic rings. The third-order valence-corrected chi connectivity index (χ3v) is 5.67. The fourth-order valence-corrected chi connectivity index (χ4v) is 3.80. The molecular formula is C28H37FN6O5. The molecule has 2 aromatic rings. The zero-order chi connectivity index (χ0) is 29.7. The lowest BCUT2D eigenvalue weighted by atomic mass is 9.92. The summed E-state index contributed by atoms with van der Waals surface area (Å²) in [6.45, 7) is 8.25. The van der Waals surface area contributed by atoms with Crippen molar-refractivity contribution < 1.29 is 28.1 Å². The first kappa shape index (κ1) is 31.9. The molecule has 1 aromatic heterocycles. The van der Waals surface area contributed by atoms with Gasteiger partial charge in [0.1, 0.15) is 23.7 Å². The fourth-order valence-electron chi connectivity index (χ4n) is 3.80. The highest BCUT2D eigenvalue weighted by Crippen LogP contribution is 2.17. The Hall–Kier alpha value is -4.27. The van der Waals surface area contributed by atoms with Crippen LogP contribution in [0.3, 0.4) is 0 Å². The molecule has 0 radical (unpaired) electrons. The van der Waals surface area contributed by atoms with Gasteiger partial charge in [0, 0.05) is 24.9 Å². The van der Waals surface area contributed by atoms with Gasteiger partial charge >= 0.3 is 0 Å². The van der Waals surface area contributed by atoms with Gasteiger partial charge in [-0.2, -0.15) is 5.26 Å². The first-order valence-corrected chi connectivity index (χ1v) is 13.2. The Labute approximate surface area is 233 Å². The maximum Gasteiger partial charge on any atom is 0.274 e. The van der Waals surface area contributed by atoms with E-state index in [0.717, 1.165) is 12.3 Å². The number of amides is 4. The molecule has 3 rings (SSSR count). The van der Waals surface area contributed by atoms with Gasteiger partial charge in [0.15, 0.2) is 5.69 Å². The van der Waals surface area contributed by atoms with E-state index in [-0.39, 0.29) is 30.4 Å². The minimum Gasteiger partial charge on any atom is -0.361 e. The molecule has 12 heteroatoms. The second-order valence-corrected chi connectivity index (χ2v) is 10.2. The lowest BCUT2D eigenvalue weighted by molar-refractivity contribution is -0.128. The van der Waals surface area contributed by atoms with Crippen molar-refractivity contribution in [3.8, 4) is 6.07 Å². The van der Waals surface area contributed by atoms with Crippen molar-refractivity contribution in [1.29, 1.82) is 5.26 Å². The summed E-state index contributed by atoms with van der Waals surface area (Å²) in [4.78, 5) is 49.7. The van der Waals surface area contributed by atoms with Crippen LogP contribution in [-0.2, 0) is 20.8 Å². The molecule has 4 amide bonds. The molecule has 11 nitrogen and oxygen atoms in total. The molecule has 1 saturated heterocycles. The highest BCUT2D eigenvalue weighted by molar-refractivity contribution is 5.96. The van der Waals surface area contributed by atoms with Gasteiger partial charge in [-0.1, -0.05) is 38.1 Å². The van der Waals surface area contributed by atoms with Gasteiger partial charge in [0.2, 0.25) is 17.7 Å². The predicted octanol–water partition coefficient (Wildman–Crippen LogP) is 2.17. The summed E-state index contributed by atoms with van der Waals surface area (Å²) in [5, 5.41) is 23.2. The van der Waals surface area contributed by atoms with Crippen LogP contribution in [0.15, 0.2) is 34.9 Å². The molecule has 3 atom stereocenters. The van der Waals surface area contributed by atoms with E-state index >= 15 is 0 Å². The first-order chi connectivity index (χ1) is 19.0. The monoisotopic (exact) mass is 556 g/mol. The number of hydrogen-bond donors (Lipinski definition) is 4. The Bertz CT molecular complexity index is 1190. The summed E-state index contributed by atoms with van der Waals surface area (Å²) in [6, 6.07) is 6.79. The topological polar surface area (TPSA) is 166 Å². The van der Waals surface area contributed by atoms with Gasteiger partial charge in [-0.3, -0.25) is 19.2 Å². The number of nitriles is 1. The van der Waals surface area contributed by atoms with E-state index in [1.54, 1.807) is 6.92 Å². The van der Waals surface area contributed by atoms with Crippen LogP contribution < -0.4 is 21.3 Å². The van der Waals surface area contributed by atoms with Crippen molar-refractivity contribution in [2.24, 2.45) is 11.8 Å². The van der Waals surface area contributed by atoms with Crippen molar-refractivity contribution >= 4 is 23.6 Å². The molecule has 1 aliphatic heterocycles. The lowest BCUT2D eigenvalue weighted by Crippen LogP contribution is -2.51. The molecule has 3 unspecified atom stereocenters. The van der Waals surface area contributed by atoms with Crippen molar-refractivity contribution in [3.63, 3.8) is 0 Å². The number of nitrogens with one attached hydrogen (secondary N) is 4. The number of piperidine rings is 1. The molecule has 40 heavy (non-hydrogen) atoms. The minimum absolute atomic E-state index is 0.0217. The van der Waals surface area contributed by atoms with E-state index in [1.165, 1.54) is 30.3 Å². The van der Waals surface area contributed by atoms with Crippen LogP contribution in [0.25, 0.3) is 0 Å². The Morgan fingerprint density at radius 2 is 1.88 bits per heavy atom. The van der Waals surface area contributed by atoms with Crippen molar-refractivity contribution in [2.75, 3.05) is 13.1 Å². The summed E-state index contributed by atoms with van der Waals surface area (Å²) in [6.07, 6.45) is 1.62. The number of hydrogen-bond acceptors (Lipinski definition) is 7. The fraction of sp³-hybridized carbons (Fsp3) is 0.500. The number of carbonyl (C=O) groups excluding carboxylic acids is 4. The molecule has 1 aromatic carbocycles. The average molecular weight is 557 g/mol. The van der Waals surface area contributed by atoms with Crippen molar-refractivity contribution in [2.45, 2.75) is 65.5 Å². The standard InChI is InChI=1S/C24H27FN6O5.C4H10/c1-14-9-20(31-36-14)24(35)30-19(10-15-4-6-17(25)7-5-15)23(34)28-13-21(32)29-18(12-26)11-16-3-2-8-27-22(16)33;1-4(2)3/h4-7,9,16,18-19H,2-3,8,10-11,13H2,1H3,(H,27,33)(H,28,34)(H,29,32)(H,30,35);4H,1-3H3. The number of benzene rings is 1. The summed E-state index contributed by atoms with van der Waals surface area (Å²) in [7, 11) is 0. The number of nitrogens with zero attached hydrogens (tertiary/aromatic N) is 2. The Kier molecular flexibility index (Phi) is 12.8. The van der Waals surface area contributed by atoms with Gasteiger partial charge in [-0.15, -0.1) is 0 Å². The lowest BCUT2D eigenvalue weighted by Gasteiger charge is -2.24. The van der Waals surface area contributed by atoms with E-state index < -0.39 is 42.2 Å². The summed E-state index contributed by atoms with van der Waals surface area (Å²) >= 11 is 0. The van der Waals surface area contributed by atoms with Crippen LogP contribution in [0.1, 0.15) is 61.8 Å². The SMILES string of the molecule is CC(C)C.Cc1cc(C(=O)NC(Cc2ccc(F)cc2)C(=O)NCC(=O)NC(C#N)CC2CCCNC2=O)no1. The van der Waals surface area contributed by atoms with Crippen LogP contribution in [0.2, 0.25) is 0 Å². The third kappa shape index (κ3) is 11.2. The van der Waals surface area contributed by atoms with E-state index in [9.17, 15) is 28.8 Å². The quantitative estimate of drug-likeness (QED) is 0.348. The molecular weight excluding hydrogens is 519 g/mol. The maximum absolute atomic E-state index is 13.3. The summed E-state index contributed by atoms with van der Waals surface area (Å²) < 4.78 is 18.2. The van der Waals surface area contributed by atoms with Crippen LogP contribution in [0.5, 0.6) is 0 Å². The second kappa shape index (κ2) is 16.0. The zero-order valence-electron chi connectivity index (χ0n) is 23.3. The highest BCUT2D eigenvalue weighted by Gasteiger charge is 2.27. The number of rotatable bonds is 10. The molecule has 4 N–H and O–H groups in total. The Balaban J connectivity index is 0.00000131. The Morgan fingerprint density at radius 1 is 1.20 bits per heavy atom. The second-order valence-electron chi connectivity index (χ2n) is 10.2. The number of aromatic nitrogens is 1. The first-order valence-electron chi connectivity index (χ1n) is 13.2. The molecule has 0 spiro atoms. The maximum atomic E-state index is 13.3. The zero-order valence-corrected chi connectivity index (χ0v) is 23.3. The highest BCUT2D eigenvalue weighted by atomic mass is 19.1. The molecule has 0 saturated carbocycles. The smallest absolute Gasteiger partial charge is 0.274 e. The van der Waals surface area contributed by atoms with Gasteiger partial charge in [-0.25, -0.2) is 4.39 Å². The number of halogens is 1. The third-order valence-electron chi connectivity index (χ3n) is 5.67. The van der Waals surface area contributed by atoms with E-state index in [2.05, 4.69) is 47.2 Å². The summed E-state index contributed by atoms with van der Waals surface area (Å²) in [5.41, 5.74) is 0.554. The van der Waals surface area contributed by atoms with Crippen LogP contribution in [0, 0.1) is 35.9 Å². The van der Waals surface area contributed by atoms with Crippen LogP contribution in [0.4, 0.5) is 4.39 Å².